The molecule has 2 nitrogen and oxygen atoms in total. The minimum Gasteiger partial charge on any atom is -0.328 e. The summed E-state index contributed by atoms with van der Waals surface area (Å²) in [5.41, 5.74) is 5.91. The monoisotopic (exact) mass is 224 g/mol. The molecule has 16 heavy (non-hydrogen) atoms. The van der Waals surface area contributed by atoms with Crippen molar-refractivity contribution < 1.29 is 0 Å². The minimum absolute atomic E-state index is 0.346. The molecule has 0 spiro atoms. The van der Waals surface area contributed by atoms with Crippen LogP contribution in [0, 0.1) is 11.8 Å². The van der Waals surface area contributed by atoms with Crippen LogP contribution in [-0.4, -0.2) is 30.1 Å². The maximum Gasteiger partial charge on any atom is 0.00816 e. The Kier molecular flexibility index (Phi) is 4.26. The van der Waals surface area contributed by atoms with Crippen molar-refractivity contribution in [1.29, 1.82) is 0 Å². The average molecular weight is 224 g/mol. The van der Waals surface area contributed by atoms with Gasteiger partial charge in [0.1, 0.15) is 0 Å². The van der Waals surface area contributed by atoms with Crippen LogP contribution in [0.1, 0.15) is 52.4 Å². The Balaban J connectivity index is 1.84. The molecule has 4 atom stereocenters. The third-order valence-electron chi connectivity index (χ3n) is 4.66. The van der Waals surface area contributed by atoms with Gasteiger partial charge in [0.05, 0.1) is 0 Å². The molecule has 1 aliphatic carbocycles. The summed E-state index contributed by atoms with van der Waals surface area (Å²) >= 11 is 0. The standard InChI is InChI=1S/C14H28N2/c1-11(15)9-12(2)16-8-7-13-5-3-4-6-14(13)10-16/h11-14H,3-10,15H2,1-2H3. The number of fused-ring (bicyclic) bond motifs is 1. The van der Waals surface area contributed by atoms with Crippen molar-refractivity contribution in [3.05, 3.63) is 0 Å². The molecule has 0 aromatic rings. The van der Waals surface area contributed by atoms with Gasteiger partial charge in [0, 0.05) is 18.6 Å². The first-order chi connectivity index (χ1) is 7.66. The van der Waals surface area contributed by atoms with Crippen molar-refractivity contribution in [3.63, 3.8) is 0 Å². The zero-order chi connectivity index (χ0) is 11.5. The molecular formula is C14H28N2. The third-order valence-corrected chi connectivity index (χ3v) is 4.66. The smallest absolute Gasteiger partial charge is 0.00816 e. The van der Waals surface area contributed by atoms with Gasteiger partial charge in [-0.2, -0.15) is 0 Å². The van der Waals surface area contributed by atoms with E-state index in [2.05, 4.69) is 18.7 Å². The largest absolute Gasteiger partial charge is 0.328 e. The van der Waals surface area contributed by atoms with E-state index >= 15 is 0 Å². The highest BCUT2D eigenvalue weighted by molar-refractivity contribution is 4.85. The van der Waals surface area contributed by atoms with Crippen molar-refractivity contribution in [2.75, 3.05) is 13.1 Å². The molecule has 94 valence electrons. The molecular weight excluding hydrogens is 196 g/mol. The zero-order valence-corrected chi connectivity index (χ0v) is 11.0. The lowest BCUT2D eigenvalue weighted by atomic mass is 9.75. The lowest BCUT2D eigenvalue weighted by molar-refractivity contribution is 0.0578. The highest BCUT2D eigenvalue weighted by atomic mass is 15.2. The summed E-state index contributed by atoms with van der Waals surface area (Å²) in [4.78, 5) is 2.69. The lowest BCUT2D eigenvalue weighted by Gasteiger charge is -2.44. The zero-order valence-electron chi connectivity index (χ0n) is 11.0. The molecule has 0 bridgehead atoms. The van der Waals surface area contributed by atoms with Gasteiger partial charge in [-0.25, -0.2) is 0 Å². The van der Waals surface area contributed by atoms with E-state index < -0.39 is 0 Å². The Morgan fingerprint density at radius 2 is 1.81 bits per heavy atom. The predicted octanol–water partition coefficient (Wildman–Crippen LogP) is 2.62. The summed E-state index contributed by atoms with van der Waals surface area (Å²) in [6.45, 7) is 7.14. The van der Waals surface area contributed by atoms with Gasteiger partial charge < -0.3 is 10.6 Å². The quantitative estimate of drug-likeness (QED) is 0.798. The number of rotatable bonds is 3. The van der Waals surface area contributed by atoms with Crippen LogP contribution in [0.25, 0.3) is 0 Å². The molecule has 2 N–H and O–H groups in total. The molecule has 1 aliphatic heterocycles. The fraction of sp³-hybridized carbons (Fsp3) is 1.00. The summed E-state index contributed by atoms with van der Waals surface area (Å²) in [7, 11) is 0. The highest BCUT2D eigenvalue weighted by Crippen LogP contribution is 2.36. The van der Waals surface area contributed by atoms with Crippen molar-refractivity contribution in [2.45, 2.75) is 64.5 Å². The van der Waals surface area contributed by atoms with Gasteiger partial charge in [-0.15, -0.1) is 0 Å². The van der Waals surface area contributed by atoms with Crippen LogP contribution in [0.3, 0.4) is 0 Å². The second kappa shape index (κ2) is 5.50. The second-order valence-electron chi connectivity index (χ2n) is 6.15. The van der Waals surface area contributed by atoms with Crippen LogP contribution in [0.15, 0.2) is 0 Å². The van der Waals surface area contributed by atoms with E-state index in [1.54, 1.807) is 0 Å². The third kappa shape index (κ3) is 2.98. The Hall–Kier alpha value is -0.0800. The van der Waals surface area contributed by atoms with Crippen LogP contribution >= 0.6 is 0 Å². The van der Waals surface area contributed by atoms with Gasteiger partial charge in [0.2, 0.25) is 0 Å². The van der Waals surface area contributed by atoms with Crippen LogP contribution < -0.4 is 5.73 Å². The maximum absolute atomic E-state index is 5.91. The molecule has 0 radical (unpaired) electrons. The van der Waals surface area contributed by atoms with E-state index in [-0.39, 0.29) is 0 Å². The summed E-state index contributed by atoms with van der Waals surface area (Å²) < 4.78 is 0. The molecule has 4 unspecified atom stereocenters. The van der Waals surface area contributed by atoms with Crippen LogP contribution in [-0.2, 0) is 0 Å². The van der Waals surface area contributed by atoms with Gasteiger partial charge in [-0.3, -0.25) is 0 Å². The topological polar surface area (TPSA) is 29.3 Å². The summed E-state index contributed by atoms with van der Waals surface area (Å²) in [6.07, 6.45) is 8.52. The summed E-state index contributed by atoms with van der Waals surface area (Å²) in [6, 6.07) is 1.03. The molecule has 0 amide bonds. The van der Waals surface area contributed by atoms with E-state index in [1.165, 1.54) is 45.2 Å². The van der Waals surface area contributed by atoms with E-state index in [0.29, 0.717) is 12.1 Å². The first-order valence-electron chi connectivity index (χ1n) is 7.16. The Morgan fingerprint density at radius 3 is 2.50 bits per heavy atom. The molecule has 2 aliphatic rings. The fourth-order valence-electron chi connectivity index (χ4n) is 3.72. The Labute approximate surface area is 101 Å². The van der Waals surface area contributed by atoms with Gasteiger partial charge in [-0.05, 0) is 51.5 Å². The molecule has 0 aromatic heterocycles. The van der Waals surface area contributed by atoms with Crippen LogP contribution in [0.2, 0.25) is 0 Å². The van der Waals surface area contributed by atoms with Gasteiger partial charge >= 0.3 is 0 Å². The number of hydrogen-bond donors (Lipinski definition) is 1. The van der Waals surface area contributed by atoms with E-state index in [0.717, 1.165) is 18.3 Å². The first-order valence-corrected chi connectivity index (χ1v) is 7.16. The van der Waals surface area contributed by atoms with Crippen LogP contribution in [0.4, 0.5) is 0 Å². The normalized spacial score (nSPS) is 35.4. The van der Waals surface area contributed by atoms with Gasteiger partial charge in [-0.1, -0.05) is 19.3 Å². The maximum atomic E-state index is 5.91. The number of hydrogen-bond acceptors (Lipinski definition) is 2. The second-order valence-corrected chi connectivity index (χ2v) is 6.15. The number of nitrogens with zero attached hydrogens (tertiary/aromatic N) is 1. The molecule has 1 heterocycles. The summed E-state index contributed by atoms with van der Waals surface area (Å²) in [5.74, 6) is 2.05. The summed E-state index contributed by atoms with van der Waals surface area (Å²) in [5, 5.41) is 0. The highest BCUT2D eigenvalue weighted by Gasteiger charge is 2.32. The number of likely N-dealkylation sites (tertiary alicyclic amines) is 1. The first kappa shape index (κ1) is 12.4. The molecule has 0 aromatic carbocycles. The average Bonchev–Trinajstić information content (AvgIpc) is 2.27. The Bertz CT molecular complexity index is 215. The van der Waals surface area contributed by atoms with Crippen LogP contribution in [0.5, 0.6) is 0 Å². The molecule has 1 saturated heterocycles. The van der Waals surface area contributed by atoms with Crippen molar-refractivity contribution in [3.8, 4) is 0 Å². The van der Waals surface area contributed by atoms with Crippen molar-refractivity contribution >= 4 is 0 Å². The number of nitrogens with two attached hydrogens (primary N) is 1. The molecule has 2 fully saturated rings. The van der Waals surface area contributed by atoms with Crippen molar-refractivity contribution in [1.82, 2.24) is 4.90 Å². The Morgan fingerprint density at radius 1 is 1.12 bits per heavy atom. The van der Waals surface area contributed by atoms with Crippen molar-refractivity contribution in [2.24, 2.45) is 17.6 Å². The molecule has 2 heteroatoms. The van der Waals surface area contributed by atoms with Gasteiger partial charge in [0.25, 0.3) is 0 Å². The SMILES string of the molecule is CC(N)CC(C)N1CCC2CCCCC2C1. The van der Waals surface area contributed by atoms with E-state index in [1.807, 2.05) is 0 Å². The van der Waals surface area contributed by atoms with Gasteiger partial charge in [0.15, 0.2) is 0 Å². The minimum atomic E-state index is 0.346. The predicted molar refractivity (Wildman–Crippen MR) is 69.4 cm³/mol. The number of piperidine rings is 1. The lowest BCUT2D eigenvalue weighted by Crippen LogP contribution is -2.47. The van der Waals surface area contributed by atoms with E-state index in [9.17, 15) is 0 Å². The van der Waals surface area contributed by atoms with E-state index in [4.69, 9.17) is 5.73 Å². The molecule has 2 rings (SSSR count). The fourth-order valence-corrected chi connectivity index (χ4v) is 3.72. The molecule has 1 saturated carbocycles.